The quantitative estimate of drug-likeness (QED) is 0.159. The van der Waals surface area contributed by atoms with Crippen LogP contribution in [0.4, 0.5) is 0 Å². The zero-order chi connectivity index (χ0) is 46.4. The summed E-state index contributed by atoms with van der Waals surface area (Å²) in [5.74, 6) is 2.44. The Bertz CT molecular complexity index is 3560. The predicted octanol–water partition coefficient (Wildman–Crippen LogP) is 16.1. The minimum atomic E-state index is -0.0651. The number of para-hydroxylation sites is 2. The third-order valence-corrected chi connectivity index (χ3v) is 15.2. The molecule has 0 unspecified atom stereocenters. The molecule has 1 aliphatic carbocycles. The van der Waals surface area contributed by atoms with Gasteiger partial charge >= 0.3 is 320 Å². The van der Waals surface area contributed by atoms with Crippen LogP contribution in [0.5, 0.6) is 11.5 Å². The zero-order valence-electron chi connectivity index (χ0n) is 39.6. The fourth-order valence-electron chi connectivity index (χ4n) is 10.4. The molecule has 0 atom stereocenters. The van der Waals surface area contributed by atoms with Crippen molar-refractivity contribution in [2.75, 3.05) is 0 Å². The number of aryl methyl sites for hydroxylation is 1. The van der Waals surface area contributed by atoms with E-state index in [2.05, 4.69) is 252 Å². The van der Waals surface area contributed by atoms with Gasteiger partial charge in [-0.2, -0.15) is 0 Å². The molecule has 3 aromatic heterocycles. The first-order chi connectivity index (χ1) is 32.2. The van der Waals surface area contributed by atoms with Crippen molar-refractivity contribution in [3.63, 3.8) is 0 Å². The third-order valence-electron chi connectivity index (χ3n) is 14.2. The topological polar surface area (TPSA) is 36.9 Å². The Morgan fingerprint density at radius 1 is 0.537 bits per heavy atom. The number of pyridine rings is 1. The van der Waals surface area contributed by atoms with E-state index in [9.17, 15) is 0 Å². The summed E-state index contributed by atoms with van der Waals surface area (Å²) in [4.78, 5) is 4.95. The molecule has 0 amide bonds. The van der Waals surface area contributed by atoms with Gasteiger partial charge in [-0.1, -0.05) is 27.7 Å². The maximum absolute atomic E-state index is 6.91. The van der Waals surface area contributed by atoms with Gasteiger partial charge in [0.05, 0.1) is 0 Å². The molecule has 1 aliphatic rings. The molecule has 336 valence electrons. The standard InChI is InChI=1S/C61H56N4O.Pt/c1-40-28-31-62-57(32-40)65-55-36-46(26-27-47(55)50-37-51-52(38-56(50)65)61(7,8)30-29-60(51,5)6)66-45-23-17-22-44(35-45)63-39-64(54-25-16-15-24-53(54)63)58-48(41-18-11-9-12-19-41)33-43(59(2,3)4)34-49(58)42-20-13-10-14-21-42;/h9-28,31-38H,29-30H2,1-8H3;. The Balaban J connectivity index is 1.07. The van der Waals surface area contributed by atoms with Crippen molar-refractivity contribution >= 4 is 32.8 Å². The fraction of sp³-hybridized carbons (Fsp3) is 0.213. The second-order valence-corrected chi connectivity index (χ2v) is 21.8. The summed E-state index contributed by atoms with van der Waals surface area (Å²) in [6.07, 6.45) is 4.24. The van der Waals surface area contributed by atoms with Crippen LogP contribution in [0.25, 0.3) is 72.3 Å². The number of hydrogen-bond donors (Lipinski definition) is 0. The Hall–Kier alpha value is -6.55. The van der Waals surface area contributed by atoms with E-state index >= 15 is 0 Å². The molecule has 67 heavy (non-hydrogen) atoms. The molecule has 7 aromatic carbocycles. The van der Waals surface area contributed by atoms with Crippen LogP contribution in [0.1, 0.15) is 83.6 Å². The first-order valence-corrected chi connectivity index (χ1v) is 24.6. The van der Waals surface area contributed by atoms with E-state index in [1.54, 1.807) is 0 Å². The van der Waals surface area contributed by atoms with Crippen molar-refractivity contribution in [3.05, 3.63) is 196 Å². The van der Waals surface area contributed by atoms with Gasteiger partial charge in [0.15, 0.2) is 0 Å². The molecule has 6 heteroatoms. The summed E-state index contributed by atoms with van der Waals surface area (Å²) in [5.41, 5.74) is 16.8. The zero-order valence-corrected chi connectivity index (χ0v) is 41.9. The van der Waals surface area contributed by atoms with Gasteiger partial charge in [0.1, 0.15) is 0 Å². The number of ether oxygens (including phenoxy) is 1. The van der Waals surface area contributed by atoms with Gasteiger partial charge in [0.2, 0.25) is 0 Å². The number of fused-ring (bicyclic) bond motifs is 5. The molecule has 0 fully saturated rings. The number of aromatic nitrogens is 4. The Morgan fingerprint density at radius 2 is 1.12 bits per heavy atom. The number of nitrogens with zero attached hydrogens (tertiary/aromatic N) is 4. The van der Waals surface area contributed by atoms with Gasteiger partial charge in [-0.3, -0.25) is 0 Å². The van der Waals surface area contributed by atoms with Gasteiger partial charge in [0.25, 0.3) is 0 Å². The molecule has 11 rings (SSSR count). The normalized spacial score (nSPS) is 14.5. The van der Waals surface area contributed by atoms with E-state index in [-0.39, 0.29) is 16.2 Å². The maximum atomic E-state index is 6.91. The predicted molar refractivity (Wildman–Crippen MR) is 274 cm³/mol. The molecule has 0 N–H and O–H groups in total. The van der Waals surface area contributed by atoms with E-state index in [0.29, 0.717) is 0 Å². The molecular weight excluding hydrogens is 1000 g/mol. The molecule has 10 aromatic rings. The van der Waals surface area contributed by atoms with E-state index < -0.39 is 0 Å². The van der Waals surface area contributed by atoms with E-state index in [4.69, 9.17) is 9.72 Å². The molecule has 0 radical (unpaired) electrons. The van der Waals surface area contributed by atoms with Crippen molar-refractivity contribution in [2.24, 2.45) is 0 Å². The van der Waals surface area contributed by atoms with Crippen LogP contribution >= 0.6 is 0 Å². The summed E-state index contributed by atoms with van der Waals surface area (Å²) in [5, 5.41) is 2.44. The summed E-state index contributed by atoms with van der Waals surface area (Å²) in [6, 6.07) is 59.5. The molecule has 0 bridgehead atoms. The first kappa shape index (κ1) is 43.0. The third kappa shape index (κ3) is 7.43. The average Bonchev–Trinajstić information content (AvgIpc) is 3.80. The summed E-state index contributed by atoms with van der Waals surface area (Å²) in [6.45, 7) is 18.6. The Labute approximate surface area is 404 Å². The minimum absolute atomic E-state index is 0.0651. The van der Waals surface area contributed by atoms with Crippen molar-refractivity contribution in [3.8, 4) is 50.9 Å². The van der Waals surface area contributed by atoms with Crippen LogP contribution in [0.3, 0.4) is 0 Å². The van der Waals surface area contributed by atoms with Crippen LogP contribution in [-0.4, -0.2) is 18.7 Å². The first-order valence-electron chi connectivity index (χ1n) is 23.5. The number of hydrogen-bond acceptors (Lipinski definition) is 2. The number of benzene rings is 7. The summed E-state index contributed by atoms with van der Waals surface area (Å²) >= 11 is 2.53. The van der Waals surface area contributed by atoms with Gasteiger partial charge < -0.3 is 0 Å². The minimum Gasteiger partial charge on any atom is -0.0558 e. The monoisotopic (exact) mass is 1060 g/mol. The van der Waals surface area contributed by atoms with Crippen molar-refractivity contribution in [2.45, 2.75) is 84.5 Å². The Kier molecular flexibility index (Phi) is 10.3. The van der Waals surface area contributed by atoms with Gasteiger partial charge in [0, 0.05) is 6.20 Å². The Morgan fingerprint density at radius 3 is 1.75 bits per heavy atom. The molecule has 0 saturated heterocycles. The smallest absolute Gasteiger partial charge is 0.0558 e. The van der Waals surface area contributed by atoms with Gasteiger partial charge in [-0.05, 0) is 53.4 Å². The number of rotatable bonds is 7. The van der Waals surface area contributed by atoms with Crippen molar-refractivity contribution < 1.29 is 24.1 Å². The van der Waals surface area contributed by atoms with E-state index in [1.807, 2.05) is 6.20 Å². The van der Waals surface area contributed by atoms with Crippen LogP contribution in [0.15, 0.2) is 170 Å². The molecule has 0 aliphatic heterocycles. The molecule has 3 heterocycles. The van der Waals surface area contributed by atoms with Gasteiger partial charge in [-0.25, -0.2) is 0 Å². The molecular formula is C61H56N4OPt. The summed E-state index contributed by atoms with van der Waals surface area (Å²) < 4.78 is 15.1. The van der Waals surface area contributed by atoms with Crippen LogP contribution < -0.4 is 4.74 Å². The van der Waals surface area contributed by atoms with Gasteiger partial charge in [-0.15, -0.1) is 0 Å². The summed E-state index contributed by atoms with van der Waals surface area (Å²) in [7, 11) is 0. The molecule has 5 nitrogen and oxygen atoms in total. The van der Waals surface area contributed by atoms with Crippen LogP contribution in [-0.2, 0) is 35.6 Å². The van der Waals surface area contributed by atoms with Crippen LogP contribution in [0.2, 0.25) is 0 Å². The van der Waals surface area contributed by atoms with Crippen molar-refractivity contribution in [1.29, 1.82) is 0 Å². The van der Waals surface area contributed by atoms with E-state index in [0.717, 1.165) is 55.5 Å². The average molecular weight is 1060 g/mol. The SMILES string of the molecule is Cc1ccnc(-n2c3cc(Oc4cccc(-n5[c](=[Pt])n(-c6c(-c7ccccc7)cc(C(C)(C)C)cc6-c6ccccc6)c6ccccc65)c4)ccc3c3cc4c(cc32)C(C)(C)CCC4(C)C)c1. The molecule has 0 spiro atoms. The van der Waals surface area contributed by atoms with Crippen molar-refractivity contribution in [1.82, 2.24) is 18.7 Å². The second kappa shape index (κ2) is 16.1. The van der Waals surface area contributed by atoms with Crippen LogP contribution in [0, 0.1) is 10.7 Å². The number of imidazole rings is 1. The fourth-order valence-corrected chi connectivity index (χ4v) is 11.5. The second-order valence-electron chi connectivity index (χ2n) is 20.8. The van der Waals surface area contributed by atoms with E-state index in [1.165, 1.54) is 67.2 Å². The molecule has 0 saturated carbocycles.